The first-order valence-electron chi connectivity index (χ1n) is 10.5. The molecule has 0 unspecified atom stereocenters. The van der Waals surface area contributed by atoms with E-state index in [-0.39, 0.29) is 25.2 Å². The number of esters is 2. The predicted molar refractivity (Wildman–Crippen MR) is 108 cm³/mol. The molecular weight excluding hydrogens is 340 g/mol. The number of rotatable bonds is 14. The minimum atomic E-state index is -0.161. The Morgan fingerprint density at radius 1 is 0.778 bits per heavy atom. The highest BCUT2D eigenvalue weighted by molar-refractivity contribution is 5.70. The van der Waals surface area contributed by atoms with Crippen molar-refractivity contribution in [2.24, 2.45) is 0 Å². The van der Waals surface area contributed by atoms with Crippen molar-refractivity contribution in [2.75, 3.05) is 0 Å². The summed E-state index contributed by atoms with van der Waals surface area (Å²) in [5, 5.41) is 0. The van der Waals surface area contributed by atoms with Crippen LogP contribution in [0.25, 0.3) is 0 Å². The first-order valence-corrected chi connectivity index (χ1v) is 10.5. The minimum absolute atomic E-state index is 0.159. The number of unbranched alkanes of at least 4 members (excludes halogenated alkanes) is 6. The van der Waals surface area contributed by atoms with E-state index in [2.05, 4.69) is 13.8 Å². The van der Waals surface area contributed by atoms with Gasteiger partial charge in [0.15, 0.2) is 0 Å². The van der Waals surface area contributed by atoms with Crippen LogP contribution in [0.2, 0.25) is 0 Å². The lowest BCUT2D eigenvalue weighted by Crippen LogP contribution is -2.10. The van der Waals surface area contributed by atoms with Gasteiger partial charge in [0.25, 0.3) is 0 Å². The second-order valence-electron chi connectivity index (χ2n) is 7.16. The van der Waals surface area contributed by atoms with Crippen LogP contribution in [-0.4, -0.2) is 11.9 Å². The number of aryl methyl sites for hydroxylation is 1. The lowest BCUT2D eigenvalue weighted by atomic mass is 10.0. The molecule has 1 aromatic rings. The quantitative estimate of drug-likeness (QED) is 0.294. The summed E-state index contributed by atoms with van der Waals surface area (Å²) in [6.45, 7) is 6.76. The standard InChI is InChI=1S/C23H36O4/c1-4-6-8-10-15-22(24)26-17-20-14-12-13-19(3)21(20)18-27-23(25)16-11-9-7-5-2/h12-14H,4-11,15-18H2,1-3H3. The van der Waals surface area contributed by atoms with E-state index in [4.69, 9.17) is 9.47 Å². The second kappa shape index (κ2) is 14.2. The topological polar surface area (TPSA) is 52.6 Å². The van der Waals surface area contributed by atoms with Gasteiger partial charge >= 0.3 is 11.9 Å². The Bertz CT molecular complexity index is 565. The predicted octanol–water partition coefficient (Wildman–Crippen LogP) is 6.02. The summed E-state index contributed by atoms with van der Waals surface area (Å²) in [5.74, 6) is -0.320. The summed E-state index contributed by atoms with van der Waals surface area (Å²) in [6.07, 6.45) is 9.43. The summed E-state index contributed by atoms with van der Waals surface area (Å²) in [6, 6.07) is 5.86. The van der Waals surface area contributed by atoms with Gasteiger partial charge < -0.3 is 9.47 Å². The maximum absolute atomic E-state index is 11.9. The molecule has 0 aliphatic rings. The Labute approximate surface area is 164 Å². The van der Waals surface area contributed by atoms with Crippen LogP contribution >= 0.6 is 0 Å². The van der Waals surface area contributed by atoms with E-state index in [1.54, 1.807) is 0 Å². The zero-order valence-electron chi connectivity index (χ0n) is 17.4. The lowest BCUT2D eigenvalue weighted by Gasteiger charge is -2.13. The van der Waals surface area contributed by atoms with Gasteiger partial charge in [-0.15, -0.1) is 0 Å². The van der Waals surface area contributed by atoms with E-state index in [9.17, 15) is 9.59 Å². The largest absolute Gasteiger partial charge is 0.461 e. The molecule has 4 nitrogen and oxygen atoms in total. The van der Waals surface area contributed by atoms with Gasteiger partial charge in [0.2, 0.25) is 0 Å². The van der Waals surface area contributed by atoms with Crippen LogP contribution in [0.15, 0.2) is 18.2 Å². The molecule has 0 saturated carbocycles. The number of carbonyl (C=O) groups excluding carboxylic acids is 2. The molecule has 0 amide bonds. The van der Waals surface area contributed by atoms with Gasteiger partial charge in [-0.2, -0.15) is 0 Å². The van der Waals surface area contributed by atoms with Crippen LogP contribution in [0.1, 0.15) is 94.7 Å². The van der Waals surface area contributed by atoms with Gasteiger partial charge in [0.1, 0.15) is 13.2 Å². The van der Waals surface area contributed by atoms with Crippen LogP contribution < -0.4 is 0 Å². The van der Waals surface area contributed by atoms with Gasteiger partial charge in [-0.05, 0) is 36.5 Å². The molecule has 27 heavy (non-hydrogen) atoms. The molecule has 0 aliphatic heterocycles. The first kappa shape index (κ1) is 23.2. The van der Waals surface area contributed by atoms with Gasteiger partial charge in [-0.25, -0.2) is 0 Å². The van der Waals surface area contributed by atoms with Gasteiger partial charge in [-0.1, -0.05) is 70.6 Å². The number of carbonyl (C=O) groups is 2. The Hall–Kier alpha value is -1.84. The Morgan fingerprint density at radius 3 is 1.89 bits per heavy atom. The zero-order chi connectivity index (χ0) is 19.9. The SMILES string of the molecule is CCCCCCC(=O)OCc1cccc(C)c1COC(=O)CCCCCC. The normalized spacial score (nSPS) is 10.6. The maximum Gasteiger partial charge on any atom is 0.306 e. The average molecular weight is 377 g/mol. The molecule has 0 N–H and O–H groups in total. The van der Waals surface area contributed by atoms with E-state index in [1.807, 2.05) is 25.1 Å². The monoisotopic (exact) mass is 376 g/mol. The first-order chi connectivity index (χ1) is 13.1. The van der Waals surface area contributed by atoms with Crippen LogP contribution in [0.5, 0.6) is 0 Å². The molecule has 1 aromatic carbocycles. The Balaban J connectivity index is 2.46. The third-order valence-electron chi connectivity index (χ3n) is 4.74. The van der Waals surface area contributed by atoms with Gasteiger partial charge in [-0.3, -0.25) is 9.59 Å². The maximum atomic E-state index is 11.9. The van der Waals surface area contributed by atoms with Crippen LogP contribution in [0.3, 0.4) is 0 Å². The summed E-state index contributed by atoms with van der Waals surface area (Å²) < 4.78 is 10.9. The van der Waals surface area contributed by atoms with E-state index in [0.29, 0.717) is 12.8 Å². The van der Waals surface area contributed by atoms with E-state index in [0.717, 1.165) is 68.1 Å². The van der Waals surface area contributed by atoms with Crippen molar-refractivity contribution in [3.05, 3.63) is 34.9 Å². The smallest absolute Gasteiger partial charge is 0.306 e. The molecule has 0 radical (unpaired) electrons. The van der Waals surface area contributed by atoms with Gasteiger partial charge in [0, 0.05) is 12.8 Å². The van der Waals surface area contributed by atoms with E-state index in [1.165, 1.54) is 0 Å². The van der Waals surface area contributed by atoms with Crippen molar-refractivity contribution in [1.29, 1.82) is 0 Å². The molecule has 0 aromatic heterocycles. The zero-order valence-corrected chi connectivity index (χ0v) is 17.4. The molecule has 0 bridgehead atoms. The molecule has 4 heteroatoms. The average Bonchev–Trinajstić information content (AvgIpc) is 2.66. The Morgan fingerprint density at radius 2 is 1.33 bits per heavy atom. The van der Waals surface area contributed by atoms with Crippen molar-refractivity contribution in [3.8, 4) is 0 Å². The fraction of sp³-hybridized carbons (Fsp3) is 0.652. The molecule has 152 valence electrons. The molecule has 0 spiro atoms. The Kier molecular flexibility index (Phi) is 12.2. The van der Waals surface area contributed by atoms with E-state index < -0.39 is 0 Å². The highest BCUT2D eigenvalue weighted by Crippen LogP contribution is 2.18. The van der Waals surface area contributed by atoms with E-state index >= 15 is 0 Å². The van der Waals surface area contributed by atoms with Crippen LogP contribution in [-0.2, 0) is 32.3 Å². The van der Waals surface area contributed by atoms with Crippen LogP contribution in [0, 0.1) is 6.92 Å². The lowest BCUT2D eigenvalue weighted by molar-refractivity contribution is -0.146. The van der Waals surface area contributed by atoms with Crippen molar-refractivity contribution in [2.45, 2.75) is 98.2 Å². The molecule has 0 heterocycles. The highest BCUT2D eigenvalue weighted by Gasteiger charge is 2.11. The highest BCUT2D eigenvalue weighted by atomic mass is 16.5. The van der Waals surface area contributed by atoms with Crippen molar-refractivity contribution in [3.63, 3.8) is 0 Å². The second-order valence-corrected chi connectivity index (χ2v) is 7.16. The van der Waals surface area contributed by atoms with Crippen molar-refractivity contribution >= 4 is 11.9 Å². The summed E-state index contributed by atoms with van der Waals surface area (Å²) >= 11 is 0. The number of hydrogen-bond donors (Lipinski definition) is 0. The minimum Gasteiger partial charge on any atom is -0.461 e. The molecule has 0 atom stereocenters. The number of benzene rings is 1. The summed E-state index contributed by atoms with van der Waals surface area (Å²) in [4.78, 5) is 23.8. The van der Waals surface area contributed by atoms with Crippen molar-refractivity contribution in [1.82, 2.24) is 0 Å². The number of hydrogen-bond acceptors (Lipinski definition) is 4. The molecule has 0 aliphatic carbocycles. The summed E-state index contributed by atoms with van der Waals surface area (Å²) in [5.41, 5.74) is 2.90. The van der Waals surface area contributed by atoms with Gasteiger partial charge in [0.05, 0.1) is 0 Å². The fourth-order valence-corrected chi connectivity index (χ4v) is 2.95. The van der Waals surface area contributed by atoms with Crippen LogP contribution in [0.4, 0.5) is 0 Å². The molecular formula is C23H36O4. The fourth-order valence-electron chi connectivity index (χ4n) is 2.95. The third-order valence-corrected chi connectivity index (χ3v) is 4.74. The molecule has 1 rings (SSSR count). The third kappa shape index (κ3) is 10.2. The summed E-state index contributed by atoms with van der Waals surface area (Å²) in [7, 11) is 0. The number of ether oxygens (including phenoxy) is 2. The van der Waals surface area contributed by atoms with Crippen molar-refractivity contribution < 1.29 is 19.1 Å². The molecule has 0 fully saturated rings. The molecule has 0 saturated heterocycles.